The Labute approximate surface area is 220 Å². The second-order valence-corrected chi connectivity index (χ2v) is 8.96. The lowest BCUT2D eigenvalue weighted by Gasteiger charge is -2.12. The molecule has 0 aliphatic carbocycles. The highest BCUT2D eigenvalue weighted by Gasteiger charge is 2.31. The van der Waals surface area contributed by atoms with Gasteiger partial charge in [-0.15, -0.1) is 18.3 Å². The first-order valence-electron chi connectivity index (χ1n) is 11.5. The summed E-state index contributed by atoms with van der Waals surface area (Å²) in [6.45, 7) is 4.02. The SMILES string of the molecule is Cc1cccc(C)c1NC(=S)NN=Cc1ccc2c(ccc3c2nnn3-c2ccc(OC(F)(F)F)cc2)c1. The van der Waals surface area contributed by atoms with Crippen LogP contribution in [0.2, 0.25) is 0 Å². The van der Waals surface area contributed by atoms with Crippen molar-refractivity contribution in [1.29, 1.82) is 0 Å². The van der Waals surface area contributed by atoms with E-state index in [2.05, 4.69) is 30.9 Å². The fourth-order valence-electron chi connectivity index (χ4n) is 4.11. The van der Waals surface area contributed by atoms with Crippen LogP contribution in [0.5, 0.6) is 5.75 Å². The molecule has 0 fully saturated rings. The lowest BCUT2D eigenvalue weighted by Crippen LogP contribution is -2.24. The monoisotopic (exact) mass is 534 g/mol. The summed E-state index contributed by atoms with van der Waals surface area (Å²) in [5.41, 5.74) is 8.76. The van der Waals surface area contributed by atoms with Crippen LogP contribution in [0, 0.1) is 13.8 Å². The van der Waals surface area contributed by atoms with Crippen LogP contribution in [-0.2, 0) is 0 Å². The summed E-state index contributed by atoms with van der Waals surface area (Å²) in [6, 6.07) is 21.0. The average Bonchev–Trinajstić information content (AvgIpc) is 3.30. The molecular weight excluding hydrogens is 513 g/mol. The minimum absolute atomic E-state index is 0.304. The van der Waals surface area contributed by atoms with E-state index in [1.54, 1.807) is 10.9 Å². The van der Waals surface area contributed by atoms with E-state index in [1.165, 1.54) is 24.3 Å². The highest BCUT2D eigenvalue weighted by Crippen LogP contribution is 2.28. The smallest absolute Gasteiger partial charge is 0.406 e. The third kappa shape index (κ3) is 5.42. The molecule has 0 aliphatic rings. The number of nitrogens with one attached hydrogen (secondary N) is 2. The molecule has 5 rings (SSSR count). The number of hydrogen-bond donors (Lipinski definition) is 2. The topological polar surface area (TPSA) is 76.4 Å². The number of hydrazone groups is 1. The number of anilines is 1. The number of para-hydroxylation sites is 1. The second-order valence-electron chi connectivity index (χ2n) is 8.55. The van der Waals surface area contributed by atoms with Crippen molar-refractivity contribution in [3.8, 4) is 11.4 Å². The molecule has 0 bridgehead atoms. The standard InChI is InChI=1S/C27H21F3N6OS/c1-16-4-3-5-17(2)24(16)32-26(38)34-31-15-18-6-12-22-19(14-18)7-13-23-25(22)33-35-36(23)20-8-10-21(11-9-20)37-27(28,29)30/h3-15H,1-2H3,(H2,32,34,38). The Kier molecular flexibility index (Phi) is 6.68. The summed E-state index contributed by atoms with van der Waals surface area (Å²) < 4.78 is 42.8. The van der Waals surface area contributed by atoms with Gasteiger partial charge in [0, 0.05) is 11.1 Å². The molecule has 0 amide bonds. The number of aromatic nitrogens is 3. The number of ether oxygens (including phenoxy) is 1. The predicted octanol–water partition coefficient (Wildman–Crippen LogP) is 6.41. The molecule has 0 unspecified atom stereocenters. The molecule has 0 saturated carbocycles. The van der Waals surface area contributed by atoms with Gasteiger partial charge >= 0.3 is 6.36 Å². The lowest BCUT2D eigenvalue weighted by molar-refractivity contribution is -0.274. The average molecular weight is 535 g/mol. The summed E-state index contributed by atoms with van der Waals surface area (Å²) in [5.74, 6) is -0.304. The van der Waals surface area contributed by atoms with Crippen LogP contribution < -0.4 is 15.5 Å². The van der Waals surface area contributed by atoms with Crippen LogP contribution in [0.25, 0.3) is 27.5 Å². The first-order valence-corrected chi connectivity index (χ1v) is 11.9. The van der Waals surface area contributed by atoms with Gasteiger partial charge in [-0.25, -0.2) is 4.68 Å². The van der Waals surface area contributed by atoms with Gasteiger partial charge in [0.1, 0.15) is 11.3 Å². The molecule has 0 atom stereocenters. The van der Waals surface area contributed by atoms with E-state index in [0.717, 1.165) is 33.2 Å². The summed E-state index contributed by atoms with van der Waals surface area (Å²) in [5, 5.41) is 18.1. The highest BCUT2D eigenvalue weighted by atomic mass is 32.1. The molecule has 11 heteroatoms. The number of hydrogen-bond acceptors (Lipinski definition) is 5. The van der Waals surface area contributed by atoms with E-state index in [9.17, 15) is 13.2 Å². The van der Waals surface area contributed by atoms with Crippen LogP contribution in [0.4, 0.5) is 18.9 Å². The Bertz CT molecular complexity index is 1660. The van der Waals surface area contributed by atoms with Crippen LogP contribution in [0.15, 0.2) is 77.9 Å². The maximum absolute atomic E-state index is 12.4. The van der Waals surface area contributed by atoms with Gasteiger partial charge in [-0.05, 0) is 84.5 Å². The maximum Gasteiger partial charge on any atom is 0.573 e. The fraction of sp³-hybridized carbons (Fsp3) is 0.111. The number of fused-ring (bicyclic) bond motifs is 3. The molecule has 0 radical (unpaired) electrons. The van der Waals surface area contributed by atoms with Crippen molar-refractivity contribution in [2.24, 2.45) is 5.10 Å². The Morgan fingerprint density at radius 2 is 1.74 bits per heavy atom. The fourth-order valence-corrected chi connectivity index (χ4v) is 4.27. The van der Waals surface area contributed by atoms with Crippen LogP contribution in [0.3, 0.4) is 0 Å². The molecule has 4 aromatic carbocycles. The van der Waals surface area contributed by atoms with E-state index in [0.29, 0.717) is 21.8 Å². The van der Waals surface area contributed by atoms with E-state index in [1.807, 2.05) is 62.4 Å². The van der Waals surface area contributed by atoms with Gasteiger partial charge < -0.3 is 10.1 Å². The lowest BCUT2D eigenvalue weighted by atomic mass is 10.1. The number of thiocarbonyl (C=S) groups is 1. The summed E-state index contributed by atoms with van der Waals surface area (Å²) >= 11 is 5.36. The van der Waals surface area contributed by atoms with Crippen LogP contribution in [0.1, 0.15) is 16.7 Å². The number of benzene rings is 4. The third-order valence-corrected chi connectivity index (χ3v) is 6.06. The quantitative estimate of drug-likeness (QED) is 0.154. The minimum Gasteiger partial charge on any atom is -0.406 e. The molecule has 1 heterocycles. The van der Waals surface area contributed by atoms with Crippen molar-refractivity contribution in [2.75, 3.05) is 5.32 Å². The Balaban J connectivity index is 1.32. The van der Waals surface area contributed by atoms with Crippen molar-refractivity contribution in [3.63, 3.8) is 0 Å². The highest BCUT2D eigenvalue weighted by molar-refractivity contribution is 7.80. The van der Waals surface area contributed by atoms with Crippen molar-refractivity contribution in [3.05, 3.63) is 89.5 Å². The molecule has 7 nitrogen and oxygen atoms in total. The summed E-state index contributed by atoms with van der Waals surface area (Å²) in [6.07, 6.45) is -3.08. The van der Waals surface area contributed by atoms with Gasteiger partial charge in [-0.2, -0.15) is 5.10 Å². The van der Waals surface area contributed by atoms with Crippen molar-refractivity contribution >= 4 is 51.0 Å². The molecule has 0 saturated heterocycles. The zero-order valence-corrected chi connectivity index (χ0v) is 21.1. The largest absolute Gasteiger partial charge is 0.573 e. The molecule has 2 N–H and O–H groups in total. The molecule has 0 spiro atoms. The maximum atomic E-state index is 12.4. The van der Waals surface area contributed by atoms with Gasteiger partial charge in [0.05, 0.1) is 17.4 Å². The van der Waals surface area contributed by atoms with Gasteiger partial charge in [-0.1, -0.05) is 41.6 Å². The predicted molar refractivity (Wildman–Crippen MR) is 146 cm³/mol. The molecule has 1 aromatic heterocycles. The molecule has 192 valence electrons. The van der Waals surface area contributed by atoms with Crippen molar-refractivity contribution < 1.29 is 17.9 Å². The molecule has 38 heavy (non-hydrogen) atoms. The van der Waals surface area contributed by atoms with E-state index >= 15 is 0 Å². The van der Waals surface area contributed by atoms with Crippen LogP contribution in [-0.4, -0.2) is 32.7 Å². The van der Waals surface area contributed by atoms with E-state index < -0.39 is 6.36 Å². The summed E-state index contributed by atoms with van der Waals surface area (Å²) in [4.78, 5) is 0. The van der Waals surface area contributed by atoms with E-state index in [4.69, 9.17) is 12.2 Å². The molecule has 5 aromatic rings. The number of rotatable bonds is 5. The Morgan fingerprint density at radius 1 is 1.00 bits per heavy atom. The number of alkyl halides is 3. The van der Waals surface area contributed by atoms with Gasteiger partial charge in [0.2, 0.25) is 0 Å². The van der Waals surface area contributed by atoms with Crippen molar-refractivity contribution in [2.45, 2.75) is 20.2 Å². The molecule has 0 aliphatic heterocycles. The van der Waals surface area contributed by atoms with Gasteiger partial charge in [-0.3, -0.25) is 5.43 Å². The van der Waals surface area contributed by atoms with Crippen LogP contribution >= 0.6 is 12.2 Å². The zero-order valence-electron chi connectivity index (χ0n) is 20.2. The first-order chi connectivity index (χ1) is 18.2. The summed E-state index contributed by atoms with van der Waals surface area (Å²) in [7, 11) is 0. The van der Waals surface area contributed by atoms with Crippen molar-refractivity contribution in [1.82, 2.24) is 20.4 Å². The second kappa shape index (κ2) is 10.1. The number of aryl methyl sites for hydroxylation is 2. The first kappa shape index (κ1) is 25.2. The third-order valence-electron chi connectivity index (χ3n) is 5.87. The minimum atomic E-state index is -4.75. The Hall–Kier alpha value is -4.51. The Morgan fingerprint density at radius 3 is 2.45 bits per heavy atom. The van der Waals surface area contributed by atoms with Gasteiger partial charge in [0.25, 0.3) is 0 Å². The normalized spacial score (nSPS) is 11.8. The number of halogens is 3. The zero-order chi connectivity index (χ0) is 26.9. The van der Waals surface area contributed by atoms with E-state index in [-0.39, 0.29) is 5.75 Å². The van der Waals surface area contributed by atoms with Gasteiger partial charge in [0.15, 0.2) is 5.11 Å². The molecular formula is C27H21F3N6OS. The number of nitrogens with zero attached hydrogens (tertiary/aromatic N) is 4.